The van der Waals surface area contributed by atoms with Crippen LogP contribution in [0.4, 0.5) is 0 Å². The number of hydrogen-bond donors (Lipinski definition) is 0. The van der Waals surface area contributed by atoms with Crippen molar-refractivity contribution in [3.63, 3.8) is 0 Å². The number of hydrogen-bond acceptors (Lipinski definition) is 0. The Morgan fingerprint density at radius 2 is 1.44 bits per heavy atom. The minimum Gasteiger partial charge on any atom is -0.0616 e. The number of benzene rings is 2. The summed E-state index contributed by atoms with van der Waals surface area (Å²) in [6.45, 7) is 6.49. The molecule has 0 saturated heterocycles. The quantitative estimate of drug-likeness (QED) is 0.683. The molecule has 0 nitrogen and oxygen atoms in total. The largest absolute Gasteiger partial charge is 0.0616 e. The van der Waals surface area contributed by atoms with Gasteiger partial charge >= 0.3 is 0 Å². The van der Waals surface area contributed by atoms with Gasteiger partial charge in [0.25, 0.3) is 0 Å². The topological polar surface area (TPSA) is 0 Å². The summed E-state index contributed by atoms with van der Waals surface area (Å²) in [4.78, 5) is 0. The van der Waals surface area contributed by atoms with Crippen molar-refractivity contribution in [1.29, 1.82) is 0 Å². The van der Waals surface area contributed by atoms with Crippen molar-refractivity contribution < 1.29 is 0 Å². The highest BCUT2D eigenvalue weighted by Gasteiger charge is 2.08. The molecule has 2 aromatic carbocycles. The van der Waals surface area contributed by atoms with Crippen LogP contribution in [-0.4, -0.2) is 0 Å². The lowest BCUT2D eigenvalue weighted by molar-refractivity contribution is 1.32. The van der Waals surface area contributed by atoms with E-state index in [1.165, 1.54) is 27.8 Å². The smallest absolute Gasteiger partial charge is 0.0253 e. The van der Waals surface area contributed by atoms with E-state index in [0.29, 0.717) is 0 Å². The third-order valence-electron chi connectivity index (χ3n) is 2.82. The summed E-state index contributed by atoms with van der Waals surface area (Å²) < 4.78 is 1.16. The lowest BCUT2D eigenvalue weighted by Gasteiger charge is -2.13. The Balaban J connectivity index is 2.70. The molecule has 0 aliphatic rings. The van der Waals surface area contributed by atoms with E-state index in [2.05, 4.69) is 67.0 Å². The van der Waals surface area contributed by atoms with Crippen LogP contribution < -0.4 is 0 Å². The summed E-state index contributed by atoms with van der Waals surface area (Å²) in [5.74, 6) is 0. The van der Waals surface area contributed by atoms with Gasteiger partial charge in [0, 0.05) is 4.47 Å². The second kappa shape index (κ2) is 4.42. The first-order valence-electron chi connectivity index (χ1n) is 5.42. The Bertz CT molecular complexity index is 504. The number of rotatable bonds is 1. The molecule has 16 heavy (non-hydrogen) atoms. The minimum absolute atomic E-state index is 1.16. The predicted octanol–water partition coefficient (Wildman–Crippen LogP) is 5.04. The van der Waals surface area contributed by atoms with Crippen LogP contribution in [0.2, 0.25) is 0 Å². The van der Waals surface area contributed by atoms with Gasteiger partial charge in [-0.1, -0.05) is 51.8 Å². The fraction of sp³-hybridized carbons (Fsp3) is 0.200. The van der Waals surface area contributed by atoms with Gasteiger partial charge in [0.05, 0.1) is 0 Å². The van der Waals surface area contributed by atoms with Crippen LogP contribution in [0, 0.1) is 20.8 Å². The number of halogens is 1. The Morgan fingerprint density at radius 1 is 0.875 bits per heavy atom. The van der Waals surface area contributed by atoms with Gasteiger partial charge in [-0.2, -0.15) is 0 Å². The molecular weight excluding hydrogens is 260 g/mol. The van der Waals surface area contributed by atoms with E-state index < -0.39 is 0 Å². The van der Waals surface area contributed by atoms with Gasteiger partial charge in [-0.25, -0.2) is 0 Å². The van der Waals surface area contributed by atoms with Gasteiger partial charge in [-0.15, -0.1) is 0 Å². The van der Waals surface area contributed by atoms with Gasteiger partial charge in [0.1, 0.15) is 0 Å². The maximum Gasteiger partial charge on any atom is 0.0253 e. The molecule has 0 unspecified atom stereocenters. The van der Waals surface area contributed by atoms with Crippen molar-refractivity contribution in [2.75, 3.05) is 0 Å². The standard InChI is InChI=1S/C15H15Br/c1-10-8-11(2)15(12(3)9-10)13-6-4-5-7-14(13)16/h4-9H,1-3H3. The Hall–Kier alpha value is -1.08. The van der Waals surface area contributed by atoms with Crippen LogP contribution in [0.3, 0.4) is 0 Å². The first-order chi connectivity index (χ1) is 7.59. The van der Waals surface area contributed by atoms with Crippen molar-refractivity contribution >= 4 is 15.9 Å². The van der Waals surface area contributed by atoms with Crippen LogP contribution in [0.15, 0.2) is 40.9 Å². The second-order valence-corrected chi connectivity index (χ2v) is 5.11. The van der Waals surface area contributed by atoms with Crippen LogP contribution in [0.1, 0.15) is 16.7 Å². The Labute approximate surface area is 105 Å². The highest BCUT2D eigenvalue weighted by Crippen LogP contribution is 2.33. The summed E-state index contributed by atoms with van der Waals surface area (Å²) in [7, 11) is 0. The zero-order valence-corrected chi connectivity index (χ0v) is 11.4. The van der Waals surface area contributed by atoms with Crippen LogP contribution in [0.5, 0.6) is 0 Å². The molecule has 0 bridgehead atoms. The molecule has 82 valence electrons. The maximum atomic E-state index is 3.62. The van der Waals surface area contributed by atoms with E-state index in [9.17, 15) is 0 Å². The molecule has 0 aliphatic heterocycles. The summed E-state index contributed by atoms with van der Waals surface area (Å²) in [6.07, 6.45) is 0. The predicted molar refractivity (Wildman–Crippen MR) is 73.8 cm³/mol. The van der Waals surface area contributed by atoms with E-state index in [1.54, 1.807) is 0 Å². The summed E-state index contributed by atoms with van der Waals surface area (Å²) >= 11 is 3.62. The summed E-state index contributed by atoms with van der Waals surface area (Å²) in [5, 5.41) is 0. The van der Waals surface area contributed by atoms with E-state index in [1.807, 2.05) is 6.07 Å². The highest BCUT2D eigenvalue weighted by atomic mass is 79.9. The molecule has 0 spiro atoms. The van der Waals surface area contributed by atoms with Crippen LogP contribution in [-0.2, 0) is 0 Å². The zero-order valence-electron chi connectivity index (χ0n) is 9.84. The molecule has 1 heteroatoms. The summed E-state index contributed by atoms with van der Waals surface area (Å²) in [6, 6.07) is 12.9. The summed E-state index contributed by atoms with van der Waals surface area (Å²) in [5.41, 5.74) is 6.62. The molecule has 0 aromatic heterocycles. The van der Waals surface area contributed by atoms with E-state index in [-0.39, 0.29) is 0 Å². The molecule has 0 fully saturated rings. The van der Waals surface area contributed by atoms with Crippen molar-refractivity contribution in [3.8, 4) is 11.1 Å². The SMILES string of the molecule is Cc1cc(C)c(-c2ccccc2Br)c(C)c1. The molecule has 0 heterocycles. The normalized spacial score (nSPS) is 10.5. The van der Waals surface area contributed by atoms with Gasteiger partial charge < -0.3 is 0 Å². The average molecular weight is 275 g/mol. The third-order valence-corrected chi connectivity index (χ3v) is 3.51. The fourth-order valence-corrected chi connectivity index (χ4v) is 2.75. The third kappa shape index (κ3) is 2.05. The van der Waals surface area contributed by atoms with Gasteiger partial charge in [-0.05, 0) is 49.1 Å². The van der Waals surface area contributed by atoms with Gasteiger partial charge in [0.15, 0.2) is 0 Å². The monoisotopic (exact) mass is 274 g/mol. The molecule has 2 rings (SSSR count). The maximum absolute atomic E-state index is 3.62. The lowest BCUT2D eigenvalue weighted by atomic mass is 9.94. The first kappa shape index (κ1) is 11.4. The lowest BCUT2D eigenvalue weighted by Crippen LogP contribution is -1.90. The van der Waals surface area contributed by atoms with E-state index in [0.717, 1.165) is 4.47 Å². The van der Waals surface area contributed by atoms with Crippen LogP contribution in [0.25, 0.3) is 11.1 Å². The van der Waals surface area contributed by atoms with Crippen molar-refractivity contribution in [2.24, 2.45) is 0 Å². The van der Waals surface area contributed by atoms with Crippen molar-refractivity contribution in [1.82, 2.24) is 0 Å². The molecule has 0 amide bonds. The molecule has 0 saturated carbocycles. The molecule has 2 aromatic rings. The van der Waals surface area contributed by atoms with E-state index >= 15 is 0 Å². The molecule has 0 radical (unpaired) electrons. The Kier molecular flexibility index (Phi) is 3.15. The molecule has 0 N–H and O–H groups in total. The zero-order chi connectivity index (χ0) is 11.7. The molecule has 0 atom stereocenters. The van der Waals surface area contributed by atoms with Crippen molar-refractivity contribution in [2.45, 2.75) is 20.8 Å². The van der Waals surface area contributed by atoms with Gasteiger partial charge in [-0.3, -0.25) is 0 Å². The average Bonchev–Trinajstić information content (AvgIpc) is 2.19. The Morgan fingerprint density at radius 3 is 2.00 bits per heavy atom. The highest BCUT2D eigenvalue weighted by molar-refractivity contribution is 9.10. The minimum atomic E-state index is 1.16. The molecule has 0 aliphatic carbocycles. The first-order valence-corrected chi connectivity index (χ1v) is 6.21. The molecular formula is C15H15Br. The van der Waals surface area contributed by atoms with Gasteiger partial charge in [0.2, 0.25) is 0 Å². The van der Waals surface area contributed by atoms with Crippen LogP contribution >= 0.6 is 15.9 Å². The van der Waals surface area contributed by atoms with Crippen molar-refractivity contribution in [3.05, 3.63) is 57.6 Å². The fourth-order valence-electron chi connectivity index (χ4n) is 2.27. The second-order valence-electron chi connectivity index (χ2n) is 4.25. The number of aryl methyl sites for hydroxylation is 3. The van der Waals surface area contributed by atoms with E-state index in [4.69, 9.17) is 0 Å².